The zero-order valence-corrected chi connectivity index (χ0v) is 12.2. The molecule has 0 amide bonds. The predicted octanol–water partition coefficient (Wildman–Crippen LogP) is 6.05. The molecule has 0 aliphatic carbocycles. The van der Waals surface area contributed by atoms with Crippen LogP contribution in [0.5, 0.6) is 0 Å². The monoisotopic (exact) mass is 373 g/mol. The lowest BCUT2D eigenvalue weighted by Crippen LogP contribution is -2.61. The highest BCUT2D eigenvalue weighted by molar-refractivity contribution is 5.85. The van der Waals surface area contributed by atoms with Crippen LogP contribution in [-0.4, -0.2) is 23.9 Å². The van der Waals surface area contributed by atoms with Gasteiger partial charge in [-0.05, 0) is 22.8 Å². The highest BCUT2D eigenvalue weighted by atomic mass is 19.4. The molecule has 0 aromatic heterocycles. The molecule has 0 aliphatic rings. The van der Waals surface area contributed by atoms with Crippen molar-refractivity contribution in [1.82, 2.24) is 0 Å². The summed E-state index contributed by atoms with van der Waals surface area (Å²) >= 11 is 0. The minimum Gasteiger partial charge on any atom is -0.199 e. The Morgan fingerprint density at radius 3 is 1.84 bits per heavy atom. The first-order valence-corrected chi connectivity index (χ1v) is 6.82. The molecule has 0 nitrogen and oxygen atoms in total. The minimum atomic E-state index is -6.88. The Bertz CT molecular complexity index is 741. The minimum absolute atomic E-state index is 0.0869. The molecule has 2 aromatic rings. The van der Waals surface area contributed by atoms with Crippen molar-refractivity contribution in [3.63, 3.8) is 0 Å². The Labute approximate surface area is 136 Å². The maximum atomic E-state index is 13.5. The van der Waals surface area contributed by atoms with Gasteiger partial charge in [-0.2, -0.15) is 39.5 Å². The van der Waals surface area contributed by atoms with Crippen LogP contribution in [0.15, 0.2) is 42.5 Å². The van der Waals surface area contributed by atoms with Crippen LogP contribution in [0.2, 0.25) is 0 Å². The number of hydrogen-bond donors (Lipinski definition) is 0. The van der Waals surface area contributed by atoms with E-state index in [1.54, 1.807) is 18.2 Å². The summed E-state index contributed by atoms with van der Waals surface area (Å²) < 4.78 is 115. The summed E-state index contributed by atoms with van der Waals surface area (Å²) in [5.41, 5.74) is 0.0869. The summed E-state index contributed by atoms with van der Waals surface area (Å²) in [7, 11) is 0. The van der Waals surface area contributed by atoms with Gasteiger partial charge in [-0.1, -0.05) is 42.5 Å². The number of hydrogen-bond acceptors (Lipinski definition) is 0. The van der Waals surface area contributed by atoms with Gasteiger partial charge in [-0.3, -0.25) is 0 Å². The van der Waals surface area contributed by atoms with Crippen LogP contribution in [0.25, 0.3) is 10.8 Å². The van der Waals surface area contributed by atoms with Crippen molar-refractivity contribution in [2.75, 3.05) is 0 Å². The largest absolute Gasteiger partial charge is 0.460 e. The lowest BCUT2D eigenvalue weighted by molar-refractivity contribution is -0.390. The zero-order valence-electron chi connectivity index (χ0n) is 12.2. The molecule has 0 fully saturated rings. The van der Waals surface area contributed by atoms with Crippen LogP contribution in [0.3, 0.4) is 0 Å². The Morgan fingerprint density at radius 2 is 1.24 bits per heavy atom. The van der Waals surface area contributed by atoms with Gasteiger partial charge < -0.3 is 0 Å². The number of fused-ring (bicyclic) bond motifs is 1. The third-order valence-electron chi connectivity index (χ3n) is 3.63. The second-order valence-corrected chi connectivity index (χ2v) is 5.32. The molecule has 0 N–H and O–H groups in total. The van der Waals surface area contributed by atoms with Gasteiger partial charge >= 0.3 is 23.9 Å². The molecule has 0 saturated heterocycles. The lowest BCUT2D eigenvalue weighted by atomic mass is 9.95. The van der Waals surface area contributed by atoms with Crippen LogP contribution < -0.4 is 0 Å². The van der Waals surface area contributed by atoms with Gasteiger partial charge in [-0.15, -0.1) is 0 Å². The third-order valence-corrected chi connectivity index (χ3v) is 3.63. The average Bonchev–Trinajstić information content (AvgIpc) is 2.51. The van der Waals surface area contributed by atoms with Crippen molar-refractivity contribution in [2.45, 2.75) is 30.4 Å². The van der Waals surface area contributed by atoms with Gasteiger partial charge in [0.15, 0.2) is 0 Å². The van der Waals surface area contributed by atoms with Gasteiger partial charge in [0.25, 0.3) is 0 Å². The molecular formula is C16H10F9. The average molecular weight is 373 g/mol. The topological polar surface area (TPSA) is 0 Å². The summed E-state index contributed by atoms with van der Waals surface area (Å²) in [4.78, 5) is 0. The molecule has 1 radical (unpaired) electrons. The van der Waals surface area contributed by atoms with E-state index in [-0.39, 0.29) is 5.56 Å². The molecule has 0 heterocycles. The molecule has 0 bridgehead atoms. The quantitative estimate of drug-likeness (QED) is 0.560. The smallest absolute Gasteiger partial charge is 0.199 e. The normalized spacial score (nSPS) is 14.1. The van der Waals surface area contributed by atoms with Crippen molar-refractivity contribution in [3.8, 4) is 0 Å². The van der Waals surface area contributed by atoms with E-state index in [1.165, 1.54) is 24.3 Å². The van der Waals surface area contributed by atoms with Crippen LogP contribution in [0.1, 0.15) is 5.56 Å². The van der Waals surface area contributed by atoms with Crippen LogP contribution in [-0.2, 0) is 6.42 Å². The fourth-order valence-corrected chi connectivity index (χ4v) is 2.22. The molecule has 137 valence electrons. The number of benzene rings is 2. The first-order chi connectivity index (χ1) is 11.3. The van der Waals surface area contributed by atoms with Gasteiger partial charge in [0.1, 0.15) is 0 Å². The number of halogens is 9. The van der Waals surface area contributed by atoms with E-state index in [4.69, 9.17) is 0 Å². The Kier molecular flexibility index (Phi) is 4.73. The fraction of sp³-hybridized carbons (Fsp3) is 0.312. The van der Waals surface area contributed by atoms with Crippen molar-refractivity contribution in [1.29, 1.82) is 0 Å². The van der Waals surface area contributed by atoms with Crippen LogP contribution >= 0.6 is 0 Å². The Morgan fingerprint density at radius 1 is 0.680 bits per heavy atom. The number of rotatable bonds is 5. The summed E-state index contributed by atoms with van der Waals surface area (Å²) in [5, 5.41) is 0.965. The molecule has 0 atom stereocenters. The van der Waals surface area contributed by atoms with Crippen molar-refractivity contribution >= 4 is 10.8 Å². The summed E-state index contributed by atoms with van der Waals surface area (Å²) in [6, 6.07) is 10.6. The second kappa shape index (κ2) is 6.10. The summed E-state index contributed by atoms with van der Waals surface area (Å²) in [6.45, 7) is 0. The van der Waals surface area contributed by atoms with E-state index in [2.05, 4.69) is 0 Å². The van der Waals surface area contributed by atoms with E-state index in [0.29, 0.717) is 10.8 Å². The summed E-state index contributed by atoms with van der Waals surface area (Å²) in [6.07, 6.45) is -8.25. The molecular weight excluding hydrogens is 363 g/mol. The standard InChI is InChI=1S/C16H10F9/c17-13(18,14(19,20)15(21,22)16(23,24)25)9-8-11-6-3-5-10-4-1-2-7-12(10)11/h1-7,9H,8H2. The molecule has 9 heteroatoms. The predicted molar refractivity (Wildman–Crippen MR) is 72.8 cm³/mol. The van der Waals surface area contributed by atoms with Crippen molar-refractivity contribution < 1.29 is 39.5 Å². The van der Waals surface area contributed by atoms with Crippen molar-refractivity contribution in [2.24, 2.45) is 0 Å². The lowest BCUT2D eigenvalue weighted by Gasteiger charge is -2.33. The first kappa shape index (κ1) is 19.4. The van der Waals surface area contributed by atoms with E-state index in [9.17, 15) is 39.5 Å². The third kappa shape index (κ3) is 3.28. The van der Waals surface area contributed by atoms with E-state index in [0.717, 1.165) is 0 Å². The molecule has 0 saturated carbocycles. The molecule has 25 heavy (non-hydrogen) atoms. The van der Waals surface area contributed by atoms with E-state index < -0.39 is 36.8 Å². The molecule has 0 unspecified atom stereocenters. The van der Waals surface area contributed by atoms with E-state index in [1.807, 2.05) is 0 Å². The van der Waals surface area contributed by atoms with E-state index >= 15 is 0 Å². The van der Waals surface area contributed by atoms with Crippen LogP contribution in [0.4, 0.5) is 39.5 Å². The van der Waals surface area contributed by atoms with Crippen LogP contribution in [0, 0.1) is 6.42 Å². The molecule has 2 aromatic carbocycles. The first-order valence-electron chi connectivity index (χ1n) is 6.82. The maximum Gasteiger partial charge on any atom is 0.460 e. The Balaban J connectivity index is 2.29. The second-order valence-electron chi connectivity index (χ2n) is 5.32. The molecule has 0 spiro atoms. The fourth-order valence-electron chi connectivity index (χ4n) is 2.22. The Hall–Kier alpha value is -1.93. The highest BCUT2D eigenvalue weighted by Crippen LogP contribution is 2.54. The van der Waals surface area contributed by atoms with Gasteiger partial charge in [0.2, 0.25) is 0 Å². The SMILES string of the molecule is FC(F)(F)C(F)(F)C(F)(F)C(F)(F)[CH]Cc1cccc2ccccc12. The summed E-state index contributed by atoms with van der Waals surface area (Å²) in [5.74, 6) is -19.2. The maximum absolute atomic E-state index is 13.5. The van der Waals surface area contributed by atoms with Gasteiger partial charge in [-0.25, -0.2) is 0 Å². The highest BCUT2D eigenvalue weighted by Gasteiger charge is 2.81. The molecule has 0 aliphatic heterocycles. The molecule has 2 rings (SSSR count). The van der Waals surface area contributed by atoms with Gasteiger partial charge in [0.05, 0.1) is 0 Å². The van der Waals surface area contributed by atoms with Gasteiger partial charge in [0, 0.05) is 6.42 Å². The zero-order chi connectivity index (χ0) is 19.1. The van der Waals surface area contributed by atoms with Crippen molar-refractivity contribution in [3.05, 3.63) is 54.4 Å². The number of alkyl halides is 9.